The fourth-order valence-corrected chi connectivity index (χ4v) is 2.19. The number of carbonyl (C=O) groups excluding carboxylic acids is 1. The largest absolute Gasteiger partial charge is 0.493 e. The zero-order chi connectivity index (χ0) is 14.6. The van der Waals surface area contributed by atoms with Crippen molar-refractivity contribution in [2.75, 3.05) is 14.2 Å². The van der Waals surface area contributed by atoms with E-state index in [2.05, 4.69) is 0 Å². The number of rotatable bonds is 6. The van der Waals surface area contributed by atoms with E-state index in [1.807, 2.05) is 13.8 Å². The first-order valence-electron chi connectivity index (χ1n) is 6.23. The van der Waals surface area contributed by atoms with Crippen molar-refractivity contribution in [1.82, 2.24) is 0 Å². The van der Waals surface area contributed by atoms with Crippen LogP contribution in [0.25, 0.3) is 0 Å². The fraction of sp³-hybridized carbons (Fsp3) is 0.467. The Bertz CT molecular complexity index is 480. The molecule has 0 saturated carbocycles. The molecule has 0 aliphatic carbocycles. The molecular formula is C15H21NO3. The number of hydrogen-bond acceptors (Lipinski definition) is 4. The second-order valence-electron chi connectivity index (χ2n) is 4.82. The molecule has 0 bridgehead atoms. The van der Waals surface area contributed by atoms with Crippen molar-refractivity contribution in [3.05, 3.63) is 23.8 Å². The Kier molecular flexibility index (Phi) is 5.10. The number of benzene rings is 1. The lowest BCUT2D eigenvalue weighted by atomic mass is 9.84. The van der Waals surface area contributed by atoms with Gasteiger partial charge in [-0.15, -0.1) is 0 Å². The highest BCUT2D eigenvalue weighted by molar-refractivity contribution is 6.11. The summed E-state index contributed by atoms with van der Waals surface area (Å²) in [6.07, 6.45) is 0. The van der Waals surface area contributed by atoms with Crippen molar-refractivity contribution in [3.63, 3.8) is 0 Å². The van der Waals surface area contributed by atoms with Crippen LogP contribution in [0.1, 0.15) is 26.3 Å². The van der Waals surface area contributed by atoms with E-state index in [1.165, 1.54) is 6.92 Å². The first-order valence-corrected chi connectivity index (χ1v) is 6.23. The molecule has 4 heteroatoms. The van der Waals surface area contributed by atoms with Gasteiger partial charge in [-0.3, -0.25) is 4.79 Å². The number of hydrogen-bond donors (Lipinski definition) is 1. The fourth-order valence-electron chi connectivity index (χ4n) is 2.19. The minimum absolute atomic E-state index is 0.00906. The van der Waals surface area contributed by atoms with Gasteiger partial charge in [-0.2, -0.15) is 0 Å². The number of ketones is 1. The monoisotopic (exact) mass is 263 g/mol. The van der Waals surface area contributed by atoms with Gasteiger partial charge in [-0.25, -0.2) is 0 Å². The third kappa shape index (κ3) is 3.34. The molecule has 1 unspecified atom stereocenters. The van der Waals surface area contributed by atoms with E-state index in [-0.39, 0.29) is 11.7 Å². The molecule has 0 spiro atoms. The lowest BCUT2D eigenvalue weighted by Gasteiger charge is -2.20. The summed E-state index contributed by atoms with van der Waals surface area (Å²) in [6, 6.07) is 5.27. The summed E-state index contributed by atoms with van der Waals surface area (Å²) in [7, 11) is 3.12. The van der Waals surface area contributed by atoms with E-state index in [4.69, 9.17) is 14.9 Å². The molecule has 0 fully saturated rings. The van der Waals surface area contributed by atoms with Crippen LogP contribution < -0.4 is 9.47 Å². The predicted molar refractivity (Wildman–Crippen MR) is 75.4 cm³/mol. The Morgan fingerprint density at radius 1 is 1.16 bits per heavy atom. The van der Waals surface area contributed by atoms with Crippen LogP contribution in [0.5, 0.6) is 11.5 Å². The van der Waals surface area contributed by atoms with Crippen LogP contribution in [0.3, 0.4) is 0 Å². The van der Waals surface area contributed by atoms with Crippen molar-refractivity contribution in [2.24, 2.45) is 11.8 Å². The van der Waals surface area contributed by atoms with Gasteiger partial charge >= 0.3 is 0 Å². The van der Waals surface area contributed by atoms with Gasteiger partial charge in [0.1, 0.15) is 5.78 Å². The van der Waals surface area contributed by atoms with Crippen LogP contribution in [-0.4, -0.2) is 25.7 Å². The molecule has 0 aliphatic heterocycles. The lowest BCUT2D eigenvalue weighted by Crippen LogP contribution is -2.27. The van der Waals surface area contributed by atoms with Gasteiger partial charge in [0.05, 0.1) is 20.1 Å². The molecule has 1 N–H and O–H groups in total. The molecule has 0 aliphatic rings. The highest BCUT2D eigenvalue weighted by atomic mass is 16.5. The van der Waals surface area contributed by atoms with Gasteiger partial charge in [0.2, 0.25) is 0 Å². The highest BCUT2D eigenvalue weighted by Crippen LogP contribution is 2.29. The summed E-state index contributed by atoms with van der Waals surface area (Å²) < 4.78 is 10.4. The minimum atomic E-state index is -0.391. The maximum absolute atomic E-state index is 11.7. The van der Waals surface area contributed by atoms with Crippen LogP contribution in [0.15, 0.2) is 18.2 Å². The molecule has 0 aromatic heterocycles. The lowest BCUT2D eigenvalue weighted by molar-refractivity contribution is -0.119. The molecule has 0 saturated heterocycles. The summed E-state index contributed by atoms with van der Waals surface area (Å²) in [5.41, 5.74) is 1.01. The second-order valence-corrected chi connectivity index (χ2v) is 4.82. The smallest absolute Gasteiger partial charge is 0.161 e. The topological polar surface area (TPSA) is 59.4 Å². The van der Waals surface area contributed by atoms with E-state index in [9.17, 15) is 4.79 Å². The van der Waals surface area contributed by atoms with E-state index in [0.29, 0.717) is 22.8 Å². The molecule has 1 rings (SSSR count). The summed E-state index contributed by atoms with van der Waals surface area (Å²) in [6.45, 7) is 5.42. The van der Waals surface area contributed by atoms with Crippen molar-refractivity contribution in [2.45, 2.75) is 20.8 Å². The van der Waals surface area contributed by atoms with Crippen LogP contribution in [-0.2, 0) is 4.79 Å². The number of nitrogens with one attached hydrogen (secondary N) is 1. The first-order chi connectivity index (χ1) is 8.92. The van der Waals surface area contributed by atoms with E-state index in [0.717, 1.165) is 0 Å². The third-order valence-electron chi connectivity index (χ3n) is 3.11. The minimum Gasteiger partial charge on any atom is -0.493 e. The van der Waals surface area contributed by atoms with Crippen LogP contribution in [0, 0.1) is 17.2 Å². The van der Waals surface area contributed by atoms with Crippen molar-refractivity contribution in [1.29, 1.82) is 5.41 Å². The van der Waals surface area contributed by atoms with Crippen molar-refractivity contribution >= 4 is 11.5 Å². The van der Waals surface area contributed by atoms with Crippen molar-refractivity contribution < 1.29 is 14.3 Å². The standard InChI is InChI=1S/C15H21NO3/c1-9(2)14(10(3)17)15(16)11-6-7-12(18-4)13(8-11)19-5/h6-9,14,16H,1-5H3. The van der Waals surface area contributed by atoms with Gasteiger partial charge in [-0.1, -0.05) is 13.8 Å². The molecular weight excluding hydrogens is 242 g/mol. The quantitative estimate of drug-likeness (QED) is 0.803. The predicted octanol–water partition coefficient (Wildman–Crippen LogP) is 2.93. The van der Waals surface area contributed by atoms with Gasteiger partial charge in [0.25, 0.3) is 0 Å². The van der Waals surface area contributed by atoms with Gasteiger partial charge in [-0.05, 0) is 36.6 Å². The zero-order valence-electron chi connectivity index (χ0n) is 12.1. The van der Waals surface area contributed by atoms with Gasteiger partial charge < -0.3 is 14.9 Å². The summed E-state index contributed by atoms with van der Waals surface area (Å²) in [5, 5.41) is 8.23. The van der Waals surface area contributed by atoms with E-state index < -0.39 is 5.92 Å². The average molecular weight is 263 g/mol. The Morgan fingerprint density at radius 3 is 2.16 bits per heavy atom. The normalized spacial score (nSPS) is 12.1. The molecule has 1 aromatic rings. The third-order valence-corrected chi connectivity index (χ3v) is 3.11. The highest BCUT2D eigenvalue weighted by Gasteiger charge is 2.25. The molecule has 0 heterocycles. The van der Waals surface area contributed by atoms with E-state index in [1.54, 1.807) is 32.4 Å². The maximum atomic E-state index is 11.7. The van der Waals surface area contributed by atoms with Crippen LogP contribution in [0.4, 0.5) is 0 Å². The maximum Gasteiger partial charge on any atom is 0.161 e. The number of ether oxygens (including phenoxy) is 2. The Morgan fingerprint density at radius 2 is 1.74 bits per heavy atom. The molecule has 0 radical (unpaired) electrons. The molecule has 1 aromatic carbocycles. The molecule has 0 amide bonds. The molecule has 4 nitrogen and oxygen atoms in total. The molecule has 19 heavy (non-hydrogen) atoms. The first kappa shape index (κ1) is 15.2. The Labute approximate surface area is 114 Å². The number of Topliss-reactive ketones (excluding diaryl/α,β-unsaturated/α-hetero) is 1. The molecule has 104 valence electrons. The number of methoxy groups -OCH3 is 2. The average Bonchev–Trinajstić information content (AvgIpc) is 2.36. The number of carbonyl (C=O) groups is 1. The van der Waals surface area contributed by atoms with Crippen LogP contribution in [0.2, 0.25) is 0 Å². The molecule has 1 atom stereocenters. The van der Waals surface area contributed by atoms with Crippen molar-refractivity contribution in [3.8, 4) is 11.5 Å². The second kappa shape index (κ2) is 6.36. The summed E-state index contributed by atoms with van der Waals surface area (Å²) >= 11 is 0. The Balaban J connectivity index is 3.15. The van der Waals surface area contributed by atoms with Gasteiger partial charge in [0, 0.05) is 5.71 Å². The summed E-state index contributed by atoms with van der Waals surface area (Å²) in [5.74, 6) is 0.893. The SMILES string of the molecule is COc1ccc(C(=N)C(C(C)=O)C(C)C)cc1OC. The van der Waals surface area contributed by atoms with E-state index >= 15 is 0 Å². The van der Waals surface area contributed by atoms with Crippen LogP contribution >= 0.6 is 0 Å². The summed E-state index contributed by atoms with van der Waals surface area (Å²) in [4.78, 5) is 11.7. The zero-order valence-corrected chi connectivity index (χ0v) is 12.1. The Hall–Kier alpha value is -1.84. The van der Waals surface area contributed by atoms with Gasteiger partial charge in [0.15, 0.2) is 11.5 Å².